The molecule has 22 heavy (non-hydrogen) atoms. The zero-order valence-corrected chi connectivity index (χ0v) is 13.1. The predicted octanol–water partition coefficient (Wildman–Crippen LogP) is 1.65. The first kappa shape index (κ1) is 15.0. The van der Waals surface area contributed by atoms with Gasteiger partial charge in [-0.3, -0.25) is 4.79 Å². The molecule has 0 bridgehead atoms. The van der Waals surface area contributed by atoms with Crippen molar-refractivity contribution in [3.63, 3.8) is 0 Å². The van der Waals surface area contributed by atoms with Gasteiger partial charge in [0.2, 0.25) is 0 Å². The van der Waals surface area contributed by atoms with Crippen LogP contribution >= 0.6 is 11.6 Å². The Morgan fingerprint density at radius 1 is 1.45 bits per heavy atom. The lowest BCUT2D eigenvalue weighted by Gasteiger charge is -2.15. The van der Waals surface area contributed by atoms with E-state index in [1.54, 1.807) is 15.6 Å². The van der Waals surface area contributed by atoms with Gasteiger partial charge in [-0.25, -0.2) is 4.68 Å². The maximum Gasteiger partial charge on any atom is 0.276 e. The number of likely N-dealkylation sites (tertiary alicyclic amines) is 1. The molecule has 1 saturated heterocycles. The molecule has 6 nitrogen and oxygen atoms in total. The summed E-state index contributed by atoms with van der Waals surface area (Å²) in [5, 5.41) is 8.72. The van der Waals surface area contributed by atoms with E-state index in [4.69, 9.17) is 17.3 Å². The first-order valence-electron chi connectivity index (χ1n) is 7.28. The van der Waals surface area contributed by atoms with Crippen LogP contribution in [0.3, 0.4) is 0 Å². The number of para-hydroxylation sites is 1. The largest absolute Gasteiger partial charge is 0.337 e. The van der Waals surface area contributed by atoms with Gasteiger partial charge in [0, 0.05) is 13.1 Å². The van der Waals surface area contributed by atoms with E-state index in [9.17, 15) is 4.79 Å². The Hall–Kier alpha value is -1.92. The van der Waals surface area contributed by atoms with Crippen LogP contribution in [-0.2, 0) is 0 Å². The summed E-state index contributed by atoms with van der Waals surface area (Å²) >= 11 is 6.19. The molecule has 3 rings (SSSR count). The van der Waals surface area contributed by atoms with Gasteiger partial charge >= 0.3 is 0 Å². The molecule has 1 fully saturated rings. The summed E-state index contributed by atoms with van der Waals surface area (Å²) in [7, 11) is 0. The molecule has 0 radical (unpaired) electrons. The minimum atomic E-state index is -0.0910. The number of halogens is 1. The fourth-order valence-electron chi connectivity index (χ4n) is 2.74. The molecule has 1 atom stereocenters. The smallest absolute Gasteiger partial charge is 0.276 e. The van der Waals surface area contributed by atoms with E-state index in [2.05, 4.69) is 10.3 Å². The van der Waals surface area contributed by atoms with Crippen LogP contribution in [0, 0.1) is 12.8 Å². The SMILES string of the molecule is Cc1c(C(=O)N2CC[C@@H](CN)C2)nnn1-c1ccccc1Cl. The zero-order valence-electron chi connectivity index (χ0n) is 12.4. The molecule has 0 unspecified atom stereocenters. The quantitative estimate of drug-likeness (QED) is 0.933. The Bertz CT molecular complexity index is 699. The van der Waals surface area contributed by atoms with Crippen molar-refractivity contribution < 1.29 is 4.79 Å². The van der Waals surface area contributed by atoms with Gasteiger partial charge in [-0.15, -0.1) is 5.10 Å². The van der Waals surface area contributed by atoms with Crippen molar-refractivity contribution in [2.45, 2.75) is 13.3 Å². The van der Waals surface area contributed by atoms with Crippen LogP contribution in [0.1, 0.15) is 22.6 Å². The lowest BCUT2D eigenvalue weighted by atomic mass is 10.1. The van der Waals surface area contributed by atoms with E-state index in [0.29, 0.717) is 35.4 Å². The number of benzene rings is 1. The molecule has 116 valence electrons. The fraction of sp³-hybridized carbons (Fsp3) is 0.400. The molecule has 1 aromatic carbocycles. The number of amides is 1. The van der Waals surface area contributed by atoms with Crippen LogP contribution in [0.15, 0.2) is 24.3 Å². The van der Waals surface area contributed by atoms with Crippen LogP contribution in [-0.4, -0.2) is 45.4 Å². The average Bonchev–Trinajstić information content (AvgIpc) is 3.14. The molecule has 1 amide bonds. The number of nitrogens with two attached hydrogens (primary N) is 1. The number of nitrogens with zero attached hydrogens (tertiary/aromatic N) is 4. The third-order valence-corrected chi connectivity index (χ3v) is 4.40. The lowest BCUT2D eigenvalue weighted by Crippen LogP contribution is -2.30. The van der Waals surface area contributed by atoms with E-state index < -0.39 is 0 Å². The molecule has 0 spiro atoms. The molecular formula is C15H18ClN5O. The van der Waals surface area contributed by atoms with Crippen LogP contribution < -0.4 is 5.73 Å². The molecule has 2 aromatic rings. The van der Waals surface area contributed by atoms with Gasteiger partial charge in [0.15, 0.2) is 5.69 Å². The molecule has 2 N–H and O–H groups in total. The number of carbonyl (C=O) groups is 1. The fourth-order valence-corrected chi connectivity index (χ4v) is 2.95. The van der Waals surface area contributed by atoms with E-state index in [-0.39, 0.29) is 5.91 Å². The van der Waals surface area contributed by atoms with Crippen molar-refractivity contribution >= 4 is 17.5 Å². The Balaban J connectivity index is 1.88. The number of rotatable bonds is 3. The van der Waals surface area contributed by atoms with Gasteiger partial charge in [0.25, 0.3) is 5.91 Å². The van der Waals surface area contributed by atoms with E-state index in [0.717, 1.165) is 18.7 Å². The number of hydrogen-bond acceptors (Lipinski definition) is 4. The molecule has 1 aliphatic heterocycles. The number of hydrogen-bond donors (Lipinski definition) is 1. The van der Waals surface area contributed by atoms with Gasteiger partial charge in [-0.2, -0.15) is 0 Å². The summed E-state index contributed by atoms with van der Waals surface area (Å²) in [4.78, 5) is 14.4. The minimum absolute atomic E-state index is 0.0910. The van der Waals surface area contributed by atoms with Gasteiger partial charge in [0.05, 0.1) is 16.4 Å². The summed E-state index contributed by atoms with van der Waals surface area (Å²) in [6.07, 6.45) is 0.944. The second-order valence-electron chi connectivity index (χ2n) is 5.53. The monoisotopic (exact) mass is 319 g/mol. The summed E-state index contributed by atoms with van der Waals surface area (Å²) in [5.41, 5.74) is 7.46. The summed E-state index contributed by atoms with van der Waals surface area (Å²) in [5.74, 6) is 0.287. The maximum atomic E-state index is 12.6. The Morgan fingerprint density at radius 3 is 2.91 bits per heavy atom. The van der Waals surface area contributed by atoms with Crippen LogP contribution in [0.4, 0.5) is 0 Å². The molecule has 0 aliphatic carbocycles. The van der Waals surface area contributed by atoms with Crippen LogP contribution in [0.25, 0.3) is 5.69 Å². The van der Waals surface area contributed by atoms with Crippen molar-refractivity contribution in [1.29, 1.82) is 0 Å². The van der Waals surface area contributed by atoms with Gasteiger partial charge in [-0.1, -0.05) is 28.9 Å². The normalized spacial score (nSPS) is 18.0. The second kappa shape index (κ2) is 6.06. The highest BCUT2D eigenvalue weighted by Crippen LogP contribution is 2.23. The Kier molecular flexibility index (Phi) is 4.13. The third kappa shape index (κ3) is 2.60. The molecule has 1 aromatic heterocycles. The number of aromatic nitrogens is 3. The minimum Gasteiger partial charge on any atom is -0.337 e. The molecule has 7 heteroatoms. The van der Waals surface area contributed by atoms with Crippen molar-refractivity contribution in [1.82, 2.24) is 19.9 Å². The average molecular weight is 320 g/mol. The number of carbonyl (C=O) groups excluding carboxylic acids is 1. The maximum absolute atomic E-state index is 12.6. The standard InChI is InChI=1S/C15H18ClN5O/c1-10-14(15(22)20-7-6-11(8-17)9-20)18-19-21(10)13-5-3-2-4-12(13)16/h2-5,11H,6-9,17H2,1H3/t11-/m0/s1. The van der Waals surface area contributed by atoms with Crippen LogP contribution in [0.5, 0.6) is 0 Å². The van der Waals surface area contributed by atoms with E-state index in [1.165, 1.54) is 0 Å². The second-order valence-corrected chi connectivity index (χ2v) is 5.94. The van der Waals surface area contributed by atoms with E-state index in [1.807, 2.05) is 25.1 Å². The van der Waals surface area contributed by atoms with Crippen molar-refractivity contribution in [3.8, 4) is 5.69 Å². The van der Waals surface area contributed by atoms with Gasteiger partial charge < -0.3 is 10.6 Å². The third-order valence-electron chi connectivity index (χ3n) is 4.08. The molecule has 1 aliphatic rings. The Labute approximate surface area is 133 Å². The van der Waals surface area contributed by atoms with Crippen molar-refractivity contribution in [2.75, 3.05) is 19.6 Å². The zero-order chi connectivity index (χ0) is 15.7. The first-order chi connectivity index (χ1) is 10.6. The van der Waals surface area contributed by atoms with Gasteiger partial charge in [-0.05, 0) is 37.9 Å². The summed E-state index contributed by atoms with van der Waals surface area (Å²) < 4.78 is 1.60. The van der Waals surface area contributed by atoms with Gasteiger partial charge in [0.1, 0.15) is 0 Å². The summed E-state index contributed by atoms with van der Waals surface area (Å²) in [6, 6.07) is 7.35. The van der Waals surface area contributed by atoms with Crippen molar-refractivity contribution in [3.05, 3.63) is 40.7 Å². The topological polar surface area (TPSA) is 77.0 Å². The Morgan fingerprint density at radius 2 is 2.23 bits per heavy atom. The van der Waals surface area contributed by atoms with Crippen molar-refractivity contribution in [2.24, 2.45) is 11.7 Å². The molecular weight excluding hydrogens is 302 g/mol. The highest BCUT2D eigenvalue weighted by atomic mass is 35.5. The van der Waals surface area contributed by atoms with E-state index >= 15 is 0 Å². The predicted molar refractivity (Wildman–Crippen MR) is 84.2 cm³/mol. The lowest BCUT2D eigenvalue weighted by molar-refractivity contribution is 0.0781. The highest BCUT2D eigenvalue weighted by molar-refractivity contribution is 6.32. The molecule has 0 saturated carbocycles. The summed E-state index contributed by atoms with van der Waals surface area (Å²) in [6.45, 7) is 3.84. The molecule has 2 heterocycles. The van der Waals surface area contributed by atoms with Crippen LogP contribution in [0.2, 0.25) is 5.02 Å². The highest BCUT2D eigenvalue weighted by Gasteiger charge is 2.29. The first-order valence-corrected chi connectivity index (χ1v) is 7.66.